The Kier molecular flexibility index (Phi) is 5.95. The van der Waals surface area contributed by atoms with Gasteiger partial charge in [0, 0.05) is 43.5 Å². The summed E-state index contributed by atoms with van der Waals surface area (Å²) in [6.07, 6.45) is 3.76. The summed E-state index contributed by atoms with van der Waals surface area (Å²) in [5, 5.41) is 5.64. The topological polar surface area (TPSA) is 66.5 Å². The van der Waals surface area contributed by atoms with Crippen LogP contribution in [0.15, 0.2) is 47.4 Å². The van der Waals surface area contributed by atoms with Gasteiger partial charge in [-0.25, -0.2) is 0 Å². The Morgan fingerprint density at radius 2 is 1.89 bits per heavy atom. The summed E-state index contributed by atoms with van der Waals surface area (Å²) in [5.41, 5.74) is 2.50. The number of ether oxygens (including phenoxy) is 1. The Labute approximate surface area is 168 Å². The predicted molar refractivity (Wildman–Crippen MR) is 118 cm³/mol. The number of aromatic nitrogens is 1. The van der Waals surface area contributed by atoms with E-state index in [1.54, 1.807) is 6.20 Å². The van der Waals surface area contributed by atoms with Crippen LogP contribution in [-0.4, -0.2) is 55.5 Å². The third kappa shape index (κ3) is 4.22. The maximum absolute atomic E-state index is 13.2. The molecule has 7 heteroatoms. The highest BCUT2D eigenvalue weighted by Crippen LogP contribution is 2.21. The zero-order chi connectivity index (χ0) is 19.3. The van der Waals surface area contributed by atoms with Crippen LogP contribution < -0.4 is 15.5 Å². The molecule has 2 heterocycles. The summed E-state index contributed by atoms with van der Waals surface area (Å²) in [7, 11) is 0. The molecule has 6 nitrogen and oxygen atoms in total. The Hall–Kier alpha value is -2.35. The second kappa shape index (κ2) is 8.77. The lowest BCUT2D eigenvalue weighted by atomic mass is 10.1. The molecule has 2 aromatic carbocycles. The zero-order valence-electron chi connectivity index (χ0n) is 15.9. The molecule has 0 amide bonds. The number of nitrogens with zero attached hydrogens (tertiary/aromatic N) is 2. The van der Waals surface area contributed by atoms with E-state index in [9.17, 15) is 4.79 Å². The lowest BCUT2D eigenvalue weighted by Crippen LogP contribution is -2.39. The van der Waals surface area contributed by atoms with Gasteiger partial charge in [0.1, 0.15) is 0 Å². The molecule has 1 fully saturated rings. The molecular formula is C21H24N4O2S. The summed E-state index contributed by atoms with van der Waals surface area (Å²) >= 11 is 1.51. The van der Waals surface area contributed by atoms with Crippen LogP contribution in [-0.2, 0) is 4.74 Å². The number of anilines is 2. The van der Waals surface area contributed by atoms with Gasteiger partial charge in [-0.15, -0.1) is 0 Å². The largest absolute Gasteiger partial charge is 0.382 e. The number of fused-ring (bicyclic) bond motifs is 2. The molecule has 1 aliphatic heterocycles. The molecule has 146 valence electrons. The van der Waals surface area contributed by atoms with Gasteiger partial charge >= 0.3 is 0 Å². The normalized spacial score (nSPS) is 15.0. The zero-order valence-corrected chi connectivity index (χ0v) is 16.7. The summed E-state index contributed by atoms with van der Waals surface area (Å²) in [6, 6.07) is 11.6. The van der Waals surface area contributed by atoms with Gasteiger partial charge in [-0.05, 0) is 29.7 Å². The molecule has 1 aromatic heterocycles. The molecule has 0 atom stereocenters. The van der Waals surface area contributed by atoms with Crippen molar-refractivity contribution in [3.8, 4) is 0 Å². The minimum Gasteiger partial charge on any atom is -0.382 e. The van der Waals surface area contributed by atoms with Crippen LogP contribution in [0.3, 0.4) is 0 Å². The highest BCUT2D eigenvalue weighted by Gasteiger charge is 2.10. The van der Waals surface area contributed by atoms with Crippen LogP contribution >= 0.6 is 11.9 Å². The minimum atomic E-state index is 0.00378. The van der Waals surface area contributed by atoms with E-state index in [-0.39, 0.29) is 5.43 Å². The molecule has 28 heavy (non-hydrogen) atoms. The van der Waals surface area contributed by atoms with Gasteiger partial charge in [0.2, 0.25) is 0 Å². The number of hydrogen-bond acceptors (Lipinski definition) is 7. The molecule has 0 saturated carbocycles. The van der Waals surface area contributed by atoms with Gasteiger partial charge < -0.3 is 14.8 Å². The molecule has 0 aliphatic carbocycles. The fourth-order valence-corrected chi connectivity index (χ4v) is 3.83. The monoisotopic (exact) mass is 396 g/mol. The molecule has 1 saturated heterocycles. The fraction of sp³-hybridized carbons (Fsp3) is 0.333. The third-order valence-electron chi connectivity index (χ3n) is 4.96. The molecule has 4 rings (SSSR count). The smallest absolute Gasteiger partial charge is 0.195 e. The lowest BCUT2D eigenvalue weighted by molar-refractivity contribution is 0.0398. The van der Waals surface area contributed by atoms with Gasteiger partial charge in [0.15, 0.2) is 5.43 Å². The standard InChI is InChI=1S/C21H24N4O2S/c1-28-24-16-4-2-15-3-5-20-19(21(26)18(15)12-16)13-17(14-23-20)22-6-7-25-8-10-27-11-9-25/h2-5,12-14,22,24H,6-11H2,1H3. The van der Waals surface area contributed by atoms with E-state index in [1.165, 1.54) is 11.9 Å². The quantitative estimate of drug-likeness (QED) is 0.620. The second-order valence-corrected chi connectivity index (χ2v) is 7.42. The van der Waals surface area contributed by atoms with Gasteiger partial charge in [-0.3, -0.25) is 14.7 Å². The molecular weight excluding hydrogens is 372 g/mol. The van der Waals surface area contributed by atoms with Crippen molar-refractivity contribution in [2.75, 3.05) is 55.7 Å². The first kappa shape index (κ1) is 19.0. The SMILES string of the molecule is CSNc1ccc2ccc3ncc(NCCN4CCOCC4)cc3c(=O)c2c1. The number of benzene rings is 1. The third-order valence-corrected chi connectivity index (χ3v) is 5.40. The van der Waals surface area contributed by atoms with E-state index >= 15 is 0 Å². The van der Waals surface area contributed by atoms with E-state index in [0.29, 0.717) is 16.3 Å². The number of hydrogen-bond donors (Lipinski definition) is 2. The van der Waals surface area contributed by atoms with Crippen molar-refractivity contribution in [2.45, 2.75) is 0 Å². The first-order valence-electron chi connectivity index (χ1n) is 9.44. The van der Waals surface area contributed by atoms with E-state index in [1.807, 2.05) is 42.7 Å². The van der Waals surface area contributed by atoms with Gasteiger partial charge in [0.25, 0.3) is 0 Å². The first-order valence-corrected chi connectivity index (χ1v) is 10.7. The minimum absolute atomic E-state index is 0.00378. The second-order valence-electron chi connectivity index (χ2n) is 6.81. The van der Waals surface area contributed by atoms with Crippen LogP contribution in [0.1, 0.15) is 0 Å². The number of pyridine rings is 1. The van der Waals surface area contributed by atoms with Gasteiger partial charge in [0.05, 0.1) is 36.0 Å². The van der Waals surface area contributed by atoms with Crippen LogP contribution in [0.5, 0.6) is 0 Å². The summed E-state index contributed by atoms with van der Waals surface area (Å²) in [6.45, 7) is 5.29. The molecule has 3 aromatic rings. The van der Waals surface area contributed by atoms with Crippen LogP contribution in [0, 0.1) is 0 Å². The number of nitrogens with one attached hydrogen (secondary N) is 2. The van der Waals surface area contributed by atoms with E-state index in [4.69, 9.17) is 4.74 Å². The highest BCUT2D eigenvalue weighted by atomic mass is 32.2. The van der Waals surface area contributed by atoms with E-state index in [2.05, 4.69) is 19.9 Å². The van der Waals surface area contributed by atoms with Crippen molar-refractivity contribution >= 4 is 45.0 Å². The molecule has 1 aliphatic rings. The van der Waals surface area contributed by atoms with Crippen molar-refractivity contribution in [2.24, 2.45) is 0 Å². The van der Waals surface area contributed by atoms with Crippen LogP contribution in [0.2, 0.25) is 0 Å². The average molecular weight is 397 g/mol. The summed E-state index contributed by atoms with van der Waals surface area (Å²) in [5.74, 6) is 0. The summed E-state index contributed by atoms with van der Waals surface area (Å²) < 4.78 is 8.57. The maximum atomic E-state index is 13.2. The number of rotatable bonds is 6. The maximum Gasteiger partial charge on any atom is 0.195 e. The molecule has 0 bridgehead atoms. The Bertz CT molecular complexity index is 1040. The molecule has 0 unspecified atom stereocenters. The van der Waals surface area contributed by atoms with Crippen LogP contribution in [0.25, 0.3) is 21.7 Å². The van der Waals surface area contributed by atoms with Crippen molar-refractivity contribution in [1.29, 1.82) is 0 Å². The van der Waals surface area contributed by atoms with Gasteiger partial charge in [-0.1, -0.05) is 24.1 Å². The Morgan fingerprint density at radius 1 is 1.11 bits per heavy atom. The molecule has 0 spiro atoms. The number of morpholine rings is 1. The van der Waals surface area contributed by atoms with E-state index in [0.717, 1.165) is 56.2 Å². The van der Waals surface area contributed by atoms with Crippen molar-refractivity contribution in [3.63, 3.8) is 0 Å². The van der Waals surface area contributed by atoms with Crippen molar-refractivity contribution < 1.29 is 4.74 Å². The average Bonchev–Trinajstić information content (AvgIpc) is 2.86. The van der Waals surface area contributed by atoms with Crippen LogP contribution in [0.4, 0.5) is 11.4 Å². The fourth-order valence-electron chi connectivity index (χ4n) is 3.46. The lowest BCUT2D eigenvalue weighted by Gasteiger charge is -2.26. The molecule has 0 radical (unpaired) electrons. The predicted octanol–water partition coefficient (Wildman–Crippen LogP) is 3.18. The highest BCUT2D eigenvalue weighted by molar-refractivity contribution is 7.99. The van der Waals surface area contributed by atoms with E-state index < -0.39 is 0 Å². The Balaban J connectivity index is 1.62. The summed E-state index contributed by atoms with van der Waals surface area (Å²) in [4.78, 5) is 20.1. The molecule has 2 N–H and O–H groups in total. The Morgan fingerprint density at radius 3 is 2.71 bits per heavy atom. The van der Waals surface area contributed by atoms with Crippen molar-refractivity contribution in [1.82, 2.24) is 9.88 Å². The van der Waals surface area contributed by atoms with Gasteiger partial charge in [-0.2, -0.15) is 0 Å². The first-order chi connectivity index (χ1) is 13.7. The van der Waals surface area contributed by atoms with Crippen molar-refractivity contribution in [3.05, 3.63) is 52.8 Å².